The predicted octanol–water partition coefficient (Wildman–Crippen LogP) is 2.48. The van der Waals surface area contributed by atoms with E-state index in [0.717, 1.165) is 12.8 Å². The van der Waals surface area contributed by atoms with Gasteiger partial charge in [-0.3, -0.25) is 0 Å². The van der Waals surface area contributed by atoms with Crippen LogP contribution >= 0.6 is 27.5 Å². The highest BCUT2D eigenvalue weighted by molar-refractivity contribution is 9.10. The van der Waals surface area contributed by atoms with Gasteiger partial charge < -0.3 is 5.32 Å². The zero-order chi connectivity index (χ0) is 14.0. The fourth-order valence-corrected chi connectivity index (χ4v) is 5.78. The average molecular weight is 368 g/mol. The summed E-state index contributed by atoms with van der Waals surface area (Å²) in [4.78, 5) is 0.166. The Kier molecular flexibility index (Phi) is 4.89. The van der Waals surface area contributed by atoms with Crippen molar-refractivity contribution >= 4 is 37.6 Å². The molecular weight excluding hydrogens is 352 g/mol. The molecule has 0 amide bonds. The number of benzene rings is 1. The van der Waals surface area contributed by atoms with Gasteiger partial charge in [0.25, 0.3) is 0 Å². The molecule has 0 bridgehead atoms. The van der Waals surface area contributed by atoms with Gasteiger partial charge in [0.1, 0.15) is 4.90 Å². The molecule has 1 N–H and O–H groups in total. The maximum Gasteiger partial charge on any atom is 0.245 e. The number of nitrogens with one attached hydrogen (secondary N) is 1. The Morgan fingerprint density at radius 1 is 1.53 bits per heavy atom. The summed E-state index contributed by atoms with van der Waals surface area (Å²) < 4.78 is 27.6. The van der Waals surface area contributed by atoms with Crippen molar-refractivity contribution in [3.63, 3.8) is 0 Å². The van der Waals surface area contributed by atoms with Gasteiger partial charge in [-0.05, 0) is 48.0 Å². The predicted molar refractivity (Wildman–Crippen MR) is 80.0 cm³/mol. The van der Waals surface area contributed by atoms with Crippen molar-refractivity contribution in [1.82, 2.24) is 9.62 Å². The summed E-state index contributed by atoms with van der Waals surface area (Å²) in [5.74, 6) is 0. The van der Waals surface area contributed by atoms with Gasteiger partial charge in [-0.15, -0.1) is 0 Å². The van der Waals surface area contributed by atoms with Crippen molar-refractivity contribution in [2.75, 3.05) is 20.1 Å². The minimum absolute atomic E-state index is 0.00169. The first-order chi connectivity index (χ1) is 8.98. The molecule has 0 saturated carbocycles. The van der Waals surface area contributed by atoms with Crippen LogP contribution in [0, 0.1) is 0 Å². The first-order valence-corrected chi connectivity index (χ1v) is 8.70. The molecule has 0 spiro atoms. The van der Waals surface area contributed by atoms with Crippen LogP contribution in [-0.4, -0.2) is 38.9 Å². The summed E-state index contributed by atoms with van der Waals surface area (Å²) in [6, 6.07) is 5.02. The van der Waals surface area contributed by atoms with Crippen molar-refractivity contribution < 1.29 is 8.42 Å². The number of halogens is 2. The number of nitrogens with zero attached hydrogens (tertiary/aromatic N) is 1. The number of rotatable bonds is 4. The van der Waals surface area contributed by atoms with Gasteiger partial charge in [0.05, 0.1) is 5.02 Å². The number of sulfonamides is 1. The molecule has 1 unspecified atom stereocenters. The number of likely N-dealkylation sites (N-methyl/N-ethyl adjacent to an activating group) is 1. The lowest BCUT2D eigenvalue weighted by molar-refractivity contribution is 0.379. The van der Waals surface area contributed by atoms with E-state index in [1.807, 2.05) is 7.05 Å². The molecule has 1 aromatic rings. The van der Waals surface area contributed by atoms with E-state index in [1.54, 1.807) is 22.5 Å². The molecule has 1 heterocycles. The molecule has 1 atom stereocenters. The molecule has 106 valence electrons. The molecular formula is C12H16BrClN2O2S. The Morgan fingerprint density at radius 3 is 2.89 bits per heavy atom. The van der Waals surface area contributed by atoms with E-state index in [2.05, 4.69) is 21.2 Å². The van der Waals surface area contributed by atoms with Crippen molar-refractivity contribution in [2.45, 2.75) is 23.8 Å². The quantitative estimate of drug-likeness (QED) is 0.889. The van der Waals surface area contributed by atoms with Crippen LogP contribution in [0.2, 0.25) is 5.02 Å². The van der Waals surface area contributed by atoms with Crippen LogP contribution in [0.4, 0.5) is 0 Å². The highest BCUT2D eigenvalue weighted by Crippen LogP contribution is 2.34. The van der Waals surface area contributed by atoms with Crippen LogP contribution < -0.4 is 5.32 Å². The van der Waals surface area contributed by atoms with Gasteiger partial charge in [0.15, 0.2) is 0 Å². The lowest BCUT2D eigenvalue weighted by atomic mass is 10.2. The minimum atomic E-state index is -3.56. The van der Waals surface area contributed by atoms with E-state index < -0.39 is 10.0 Å². The first-order valence-electron chi connectivity index (χ1n) is 6.09. The second-order valence-corrected chi connectivity index (χ2v) is 7.61. The molecule has 1 fully saturated rings. The van der Waals surface area contributed by atoms with Crippen LogP contribution in [0.25, 0.3) is 0 Å². The highest BCUT2D eigenvalue weighted by atomic mass is 79.9. The maximum absolute atomic E-state index is 12.7. The molecule has 19 heavy (non-hydrogen) atoms. The van der Waals surface area contributed by atoms with Gasteiger partial charge in [-0.1, -0.05) is 17.7 Å². The molecule has 0 aromatic heterocycles. The maximum atomic E-state index is 12.7. The van der Waals surface area contributed by atoms with Crippen molar-refractivity contribution in [1.29, 1.82) is 0 Å². The third kappa shape index (κ3) is 2.97. The summed E-state index contributed by atoms with van der Waals surface area (Å²) in [5.41, 5.74) is 0. The van der Waals surface area contributed by atoms with E-state index in [9.17, 15) is 8.42 Å². The number of hydrogen-bond donors (Lipinski definition) is 1. The molecule has 7 heteroatoms. The zero-order valence-electron chi connectivity index (χ0n) is 10.6. The van der Waals surface area contributed by atoms with Crippen molar-refractivity contribution in [3.05, 3.63) is 27.7 Å². The van der Waals surface area contributed by atoms with E-state index in [0.29, 0.717) is 17.6 Å². The Labute approximate surface area is 127 Å². The highest BCUT2D eigenvalue weighted by Gasteiger charge is 2.36. The fraction of sp³-hybridized carbons (Fsp3) is 0.500. The second-order valence-electron chi connectivity index (χ2n) is 4.52. The van der Waals surface area contributed by atoms with Gasteiger partial charge in [0.2, 0.25) is 10.0 Å². The van der Waals surface area contributed by atoms with Gasteiger partial charge in [-0.2, -0.15) is 4.31 Å². The Bertz CT molecular complexity index is 545. The standard InChI is InChI=1S/C12H16BrClN2O2S/c1-15-8-9-4-3-7-16(9)19(17,18)12-10(13)5-2-6-11(12)14/h2,5-6,9,15H,3-4,7-8H2,1H3. The van der Waals surface area contributed by atoms with E-state index in [4.69, 9.17) is 11.6 Å². The van der Waals surface area contributed by atoms with Crippen molar-refractivity contribution in [3.8, 4) is 0 Å². The third-order valence-electron chi connectivity index (χ3n) is 3.25. The molecule has 1 aliphatic heterocycles. The summed E-state index contributed by atoms with van der Waals surface area (Å²) in [7, 11) is -1.73. The van der Waals surface area contributed by atoms with Crippen LogP contribution in [0.5, 0.6) is 0 Å². The third-order valence-corrected chi connectivity index (χ3v) is 6.65. The summed E-state index contributed by atoms with van der Waals surface area (Å²) >= 11 is 9.35. The normalized spacial score (nSPS) is 20.9. The second kappa shape index (κ2) is 6.10. The Balaban J connectivity index is 2.42. The minimum Gasteiger partial charge on any atom is -0.318 e. The summed E-state index contributed by atoms with van der Waals surface area (Å²) in [6.07, 6.45) is 1.76. The van der Waals surface area contributed by atoms with E-state index >= 15 is 0 Å². The molecule has 1 aliphatic rings. The largest absolute Gasteiger partial charge is 0.318 e. The van der Waals surface area contributed by atoms with Crippen LogP contribution in [0.15, 0.2) is 27.6 Å². The Morgan fingerprint density at radius 2 is 2.26 bits per heavy atom. The van der Waals surface area contributed by atoms with Crippen LogP contribution in [0.3, 0.4) is 0 Å². The molecule has 0 aliphatic carbocycles. The zero-order valence-corrected chi connectivity index (χ0v) is 13.7. The first kappa shape index (κ1) is 15.3. The molecule has 1 saturated heterocycles. The summed E-state index contributed by atoms with van der Waals surface area (Å²) in [6.45, 7) is 1.20. The lowest BCUT2D eigenvalue weighted by Crippen LogP contribution is -2.40. The molecule has 0 radical (unpaired) electrons. The monoisotopic (exact) mass is 366 g/mol. The van der Waals surface area contributed by atoms with E-state index in [1.165, 1.54) is 0 Å². The lowest BCUT2D eigenvalue weighted by Gasteiger charge is -2.24. The number of hydrogen-bond acceptors (Lipinski definition) is 3. The average Bonchev–Trinajstić information content (AvgIpc) is 2.78. The molecule has 4 nitrogen and oxygen atoms in total. The summed E-state index contributed by atoms with van der Waals surface area (Å²) in [5, 5.41) is 3.30. The van der Waals surface area contributed by atoms with Crippen LogP contribution in [0.1, 0.15) is 12.8 Å². The SMILES string of the molecule is CNCC1CCCN1S(=O)(=O)c1c(Cl)cccc1Br. The van der Waals surface area contributed by atoms with Crippen molar-refractivity contribution in [2.24, 2.45) is 0 Å². The van der Waals surface area contributed by atoms with Gasteiger partial charge in [0, 0.05) is 23.6 Å². The van der Waals surface area contributed by atoms with Gasteiger partial charge >= 0.3 is 0 Å². The molecule has 1 aromatic carbocycles. The fourth-order valence-electron chi connectivity index (χ4n) is 2.41. The smallest absolute Gasteiger partial charge is 0.245 e. The topological polar surface area (TPSA) is 49.4 Å². The Hall–Kier alpha value is -0.140. The molecule has 2 rings (SSSR count). The van der Waals surface area contributed by atoms with Gasteiger partial charge in [-0.25, -0.2) is 8.42 Å². The van der Waals surface area contributed by atoms with E-state index in [-0.39, 0.29) is 16.0 Å². The van der Waals surface area contributed by atoms with Crippen LogP contribution in [-0.2, 0) is 10.0 Å².